The highest BCUT2D eigenvalue weighted by Gasteiger charge is 2.36. The average molecular weight is 704 g/mol. The van der Waals surface area contributed by atoms with Crippen molar-refractivity contribution < 1.29 is 0 Å². The zero-order valence-electron chi connectivity index (χ0n) is 30.7. The van der Waals surface area contributed by atoms with Crippen LogP contribution in [0.4, 0.5) is 0 Å². The van der Waals surface area contributed by atoms with E-state index in [1.165, 1.54) is 49.7 Å². The molecule has 55 heavy (non-hydrogen) atoms. The topological polar surface area (TPSA) is 38.7 Å². The molecule has 0 atom stereocenters. The number of pyridine rings is 1. The van der Waals surface area contributed by atoms with E-state index >= 15 is 0 Å². The Hall–Kier alpha value is -6.97. The maximum Gasteiger partial charge on any atom is 0.160 e. The molecule has 3 heteroatoms. The van der Waals surface area contributed by atoms with Crippen LogP contribution in [-0.2, 0) is 5.41 Å². The van der Waals surface area contributed by atoms with Gasteiger partial charge in [0.2, 0.25) is 0 Å². The molecule has 0 unspecified atom stereocenters. The molecule has 7 aromatic carbocycles. The number of hydrogen-bond donors (Lipinski definition) is 0. The second-order valence-electron chi connectivity index (χ2n) is 14.9. The Morgan fingerprint density at radius 3 is 1.51 bits per heavy atom. The summed E-state index contributed by atoms with van der Waals surface area (Å²) < 4.78 is 0. The van der Waals surface area contributed by atoms with E-state index in [1.54, 1.807) is 0 Å². The second kappa shape index (κ2) is 13.2. The molecule has 2 aromatic heterocycles. The largest absolute Gasteiger partial charge is 0.265 e. The van der Waals surface area contributed by atoms with Crippen molar-refractivity contribution in [3.8, 4) is 78.4 Å². The number of rotatable bonds is 6. The van der Waals surface area contributed by atoms with E-state index in [0.29, 0.717) is 5.82 Å². The summed E-state index contributed by atoms with van der Waals surface area (Å²) in [4.78, 5) is 14.2. The van der Waals surface area contributed by atoms with Crippen LogP contribution in [-0.4, -0.2) is 15.0 Å². The van der Waals surface area contributed by atoms with Crippen LogP contribution in [0.5, 0.6) is 0 Å². The molecule has 0 saturated carbocycles. The molecule has 0 spiro atoms. The summed E-state index contributed by atoms with van der Waals surface area (Å²) >= 11 is 0. The molecule has 10 rings (SSSR count). The van der Waals surface area contributed by atoms with Crippen molar-refractivity contribution in [2.45, 2.75) is 19.3 Å². The van der Waals surface area contributed by atoms with E-state index in [1.807, 2.05) is 42.7 Å². The van der Waals surface area contributed by atoms with E-state index in [9.17, 15) is 0 Å². The van der Waals surface area contributed by atoms with Crippen molar-refractivity contribution >= 4 is 10.8 Å². The summed E-state index contributed by atoms with van der Waals surface area (Å²) in [5.74, 6) is 0.707. The molecule has 0 N–H and O–H groups in total. The fourth-order valence-electron chi connectivity index (χ4n) is 8.21. The predicted octanol–water partition coefficient (Wildman–Crippen LogP) is 13.3. The van der Waals surface area contributed by atoms with Gasteiger partial charge < -0.3 is 0 Å². The van der Waals surface area contributed by atoms with Gasteiger partial charge in [-0.05, 0) is 90.7 Å². The first-order valence-electron chi connectivity index (χ1n) is 18.8. The van der Waals surface area contributed by atoms with Crippen molar-refractivity contribution in [2.75, 3.05) is 0 Å². The third-order valence-electron chi connectivity index (χ3n) is 11.2. The lowest BCUT2D eigenvalue weighted by molar-refractivity contribution is 0.661. The summed E-state index contributed by atoms with van der Waals surface area (Å²) in [7, 11) is 0. The van der Waals surface area contributed by atoms with Crippen LogP contribution < -0.4 is 0 Å². The van der Waals surface area contributed by atoms with Gasteiger partial charge in [-0.3, -0.25) is 4.98 Å². The van der Waals surface area contributed by atoms with Gasteiger partial charge in [0.25, 0.3) is 0 Å². The standard InChI is InChI=1S/C52H37N3/c1-52(2)46-27-25-39-8-6-7-11-44(39)50(46)45-26-24-43(32-47(45)52)37-14-12-34(13-15-37)35-16-20-40(21-17-35)48-33-49(55-51(54-48)42-9-4-3-5-10-42)41-22-18-36(19-23-41)38-28-30-53-31-29-38/h3-33H,1-2H3. The van der Waals surface area contributed by atoms with Gasteiger partial charge in [-0.25, -0.2) is 9.97 Å². The van der Waals surface area contributed by atoms with Crippen LogP contribution in [0.15, 0.2) is 188 Å². The minimum absolute atomic E-state index is 0.0657. The average Bonchev–Trinajstić information content (AvgIpc) is 3.49. The van der Waals surface area contributed by atoms with Gasteiger partial charge in [-0.2, -0.15) is 0 Å². The maximum atomic E-state index is 5.06. The smallest absolute Gasteiger partial charge is 0.160 e. The second-order valence-corrected chi connectivity index (χ2v) is 14.9. The van der Waals surface area contributed by atoms with Crippen molar-refractivity contribution in [1.29, 1.82) is 0 Å². The highest BCUT2D eigenvalue weighted by atomic mass is 14.9. The van der Waals surface area contributed by atoms with Gasteiger partial charge >= 0.3 is 0 Å². The Bertz CT molecular complexity index is 2840. The molecular formula is C52H37N3. The lowest BCUT2D eigenvalue weighted by atomic mass is 9.81. The van der Waals surface area contributed by atoms with Gasteiger partial charge in [-0.15, -0.1) is 0 Å². The lowest BCUT2D eigenvalue weighted by Gasteiger charge is -2.22. The molecular weight excluding hydrogens is 667 g/mol. The summed E-state index contributed by atoms with van der Waals surface area (Å²) in [5.41, 5.74) is 17.4. The van der Waals surface area contributed by atoms with Gasteiger partial charge in [0, 0.05) is 34.5 Å². The molecule has 1 aliphatic rings. The minimum atomic E-state index is -0.0657. The van der Waals surface area contributed by atoms with Gasteiger partial charge in [-0.1, -0.05) is 166 Å². The first-order chi connectivity index (χ1) is 27.0. The van der Waals surface area contributed by atoms with E-state index in [0.717, 1.165) is 44.8 Å². The quantitative estimate of drug-likeness (QED) is 0.173. The Morgan fingerprint density at radius 2 is 0.891 bits per heavy atom. The number of benzene rings is 7. The normalized spacial score (nSPS) is 12.7. The summed E-state index contributed by atoms with van der Waals surface area (Å²) in [6, 6.07) is 62.9. The molecule has 0 bridgehead atoms. The maximum absolute atomic E-state index is 5.06. The molecule has 0 aliphatic heterocycles. The molecule has 0 fully saturated rings. The van der Waals surface area contributed by atoms with Crippen LogP contribution in [0.1, 0.15) is 25.0 Å². The molecule has 2 heterocycles. The van der Waals surface area contributed by atoms with Crippen LogP contribution in [0.25, 0.3) is 89.2 Å². The Morgan fingerprint density at radius 1 is 0.382 bits per heavy atom. The Labute approximate surface area is 321 Å². The predicted molar refractivity (Wildman–Crippen MR) is 228 cm³/mol. The molecule has 260 valence electrons. The van der Waals surface area contributed by atoms with E-state index in [4.69, 9.17) is 9.97 Å². The van der Waals surface area contributed by atoms with E-state index < -0.39 is 0 Å². The summed E-state index contributed by atoms with van der Waals surface area (Å²) in [5, 5.41) is 2.62. The first kappa shape index (κ1) is 32.7. The zero-order chi connectivity index (χ0) is 36.9. The zero-order valence-corrected chi connectivity index (χ0v) is 30.7. The molecule has 0 radical (unpaired) electrons. The van der Waals surface area contributed by atoms with Gasteiger partial charge in [0.1, 0.15) is 0 Å². The number of nitrogens with zero attached hydrogens (tertiary/aromatic N) is 3. The van der Waals surface area contributed by atoms with E-state index in [2.05, 4.69) is 164 Å². The SMILES string of the molecule is CC1(C)c2cc(-c3ccc(-c4ccc(-c5cc(-c6ccc(-c7ccncc7)cc6)nc(-c6ccccc6)n5)cc4)cc3)ccc2-c2c1ccc1ccccc21. The van der Waals surface area contributed by atoms with Crippen LogP contribution >= 0.6 is 0 Å². The third kappa shape index (κ3) is 5.82. The van der Waals surface area contributed by atoms with Crippen molar-refractivity contribution in [3.05, 3.63) is 199 Å². The summed E-state index contributed by atoms with van der Waals surface area (Å²) in [6.07, 6.45) is 3.64. The molecule has 9 aromatic rings. The third-order valence-corrected chi connectivity index (χ3v) is 11.2. The molecule has 0 amide bonds. The molecule has 3 nitrogen and oxygen atoms in total. The first-order valence-corrected chi connectivity index (χ1v) is 18.8. The number of aromatic nitrogens is 3. The van der Waals surface area contributed by atoms with E-state index in [-0.39, 0.29) is 5.41 Å². The number of hydrogen-bond acceptors (Lipinski definition) is 3. The van der Waals surface area contributed by atoms with Crippen LogP contribution in [0, 0.1) is 0 Å². The highest BCUT2D eigenvalue weighted by molar-refractivity contribution is 6.02. The van der Waals surface area contributed by atoms with Crippen LogP contribution in [0.3, 0.4) is 0 Å². The summed E-state index contributed by atoms with van der Waals surface area (Å²) in [6.45, 7) is 4.71. The fraction of sp³-hybridized carbons (Fsp3) is 0.0577. The Balaban J connectivity index is 0.942. The van der Waals surface area contributed by atoms with Crippen molar-refractivity contribution in [1.82, 2.24) is 15.0 Å². The lowest BCUT2D eigenvalue weighted by Crippen LogP contribution is -2.15. The van der Waals surface area contributed by atoms with Gasteiger partial charge in [0.05, 0.1) is 11.4 Å². The Kier molecular flexibility index (Phi) is 7.81. The number of fused-ring (bicyclic) bond motifs is 5. The van der Waals surface area contributed by atoms with Gasteiger partial charge in [0.15, 0.2) is 5.82 Å². The molecule has 0 saturated heterocycles. The molecule has 1 aliphatic carbocycles. The monoisotopic (exact) mass is 703 g/mol. The minimum Gasteiger partial charge on any atom is -0.265 e. The highest BCUT2D eigenvalue weighted by Crippen LogP contribution is 2.52. The van der Waals surface area contributed by atoms with Crippen molar-refractivity contribution in [3.63, 3.8) is 0 Å². The van der Waals surface area contributed by atoms with Crippen LogP contribution in [0.2, 0.25) is 0 Å². The van der Waals surface area contributed by atoms with Crippen molar-refractivity contribution in [2.24, 2.45) is 0 Å². The fourth-order valence-corrected chi connectivity index (χ4v) is 8.21.